The second-order valence-electron chi connectivity index (χ2n) is 7.53. The Balaban J connectivity index is 1.53. The van der Waals surface area contributed by atoms with Crippen molar-refractivity contribution in [3.8, 4) is 0 Å². The van der Waals surface area contributed by atoms with Crippen molar-refractivity contribution in [2.45, 2.75) is 19.4 Å². The lowest BCUT2D eigenvalue weighted by Gasteiger charge is -2.28. The van der Waals surface area contributed by atoms with E-state index >= 15 is 0 Å². The molecule has 30 heavy (non-hydrogen) atoms. The van der Waals surface area contributed by atoms with Gasteiger partial charge in [-0.3, -0.25) is 4.98 Å². The SMILES string of the molecule is Clc1nc2c(N3CCCC3)nc(N3CCNCC3)nc2nc1NCc1cccnc1. The highest BCUT2D eigenvalue weighted by Gasteiger charge is 2.23. The largest absolute Gasteiger partial charge is 0.363 e. The molecule has 2 aliphatic rings. The van der Waals surface area contributed by atoms with Gasteiger partial charge in [-0.15, -0.1) is 0 Å². The molecule has 10 heteroatoms. The Morgan fingerprint density at radius 3 is 2.60 bits per heavy atom. The van der Waals surface area contributed by atoms with Crippen LogP contribution in [0.3, 0.4) is 0 Å². The van der Waals surface area contributed by atoms with Gasteiger partial charge in [0.25, 0.3) is 0 Å². The number of aromatic nitrogens is 5. The maximum atomic E-state index is 6.49. The van der Waals surface area contributed by atoms with Crippen molar-refractivity contribution < 1.29 is 0 Å². The molecule has 3 aromatic heterocycles. The fourth-order valence-corrected chi connectivity index (χ4v) is 4.05. The first-order valence-electron chi connectivity index (χ1n) is 10.4. The molecule has 0 atom stereocenters. The van der Waals surface area contributed by atoms with Crippen molar-refractivity contribution in [1.82, 2.24) is 30.2 Å². The van der Waals surface area contributed by atoms with E-state index in [2.05, 4.69) is 30.4 Å². The maximum absolute atomic E-state index is 6.49. The summed E-state index contributed by atoms with van der Waals surface area (Å²) < 4.78 is 0. The van der Waals surface area contributed by atoms with Gasteiger partial charge in [0.2, 0.25) is 5.95 Å². The Morgan fingerprint density at radius 2 is 1.83 bits per heavy atom. The van der Waals surface area contributed by atoms with E-state index in [-0.39, 0.29) is 0 Å². The van der Waals surface area contributed by atoms with Gasteiger partial charge in [-0.25, -0.2) is 9.97 Å². The molecule has 156 valence electrons. The van der Waals surface area contributed by atoms with E-state index in [0.29, 0.717) is 34.6 Å². The fourth-order valence-electron chi connectivity index (χ4n) is 3.86. The Hall–Kier alpha value is -2.78. The van der Waals surface area contributed by atoms with Crippen LogP contribution >= 0.6 is 11.6 Å². The molecule has 2 fully saturated rings. The molecular formula is C20H24ClN9. The van der Waals surface area contributed by atoms with Crippen LogP contribution in [0, 0.1) is 0 Å². The maximum Gasteiger partial charge on any atom is 0.229 e. The zero-order valence-corrected chi connectivity index (χ0v) is 17.4. The number of nitrogens with zero attached hydrogens (tertiary/aromatic N) is 7. The van der Waals surface area contributed by atoms with Gasteiger partial charge in [0.15, 0.2) is 28.0 Å². The van der Waals surface area contributed by atoms with Gasteiger partial charge in [0, 0.05) is 58.2 Å². The van der Waals surface area contributed by atoms with Crippen LogP contribution in [-0.4, -0.2) is 64.2 Å². The molecular weight excluding hydrogens is 402 g/mol. The van der Waals surface area contributed by atoms with Crippen molar-refractivity contribution in [2.75, 3.05) is 54.4 Å². The first kappa shape index (κ1) is 19.2. The molecule has 2 N–H and O–H groups in total. The number of anilines is 3. The van der Waals surface area contributed by atoms with Gasteiger partial charge >= 0.3 is 0 Å². The predicted octanol–water partition coefficient (Wildman–Crippen LogP) is 2.09. The molecule has 0 amide bonds. The van der Waals surface area contributed by atoms with Crippen LogP contribution in [0.25, 0.3) is 11.2 Å². The lowest BCUT2D eigenvalue weighted by Crippen LogP contribution is -2.44. The van der Waals surface area contributed by atoms with Crippen molar-refractivity contribution in [3.63, 3.8) is 0 Å². The molecule has 0 aromatic carbocycles. The summed E-state index contributed by atoms with van der Waals surface area (Å²) in [5, 5.41) is 6.96. The minimum absolute atomic E-state index is 0.324. The molecule has 2 aliphatic heterocycles. The van der Waals surface area contributed by atoms with Gasteiger partial charge in [-0.1, -0.05) is 17.7 Å². The third kappa shape index (κ3) is 3.95. The number of fused-ring (bicyclic) bond motifs is 1. The third-order valence-corrected chi connectivity index (χ3v) is 5.71. The first-order chi connectivity index (χ1) is 14.8. The van der Waals surface area contributed by atoms with E-state index in [1.54, 1.807) is 6.20 Å². The molecule has 5 rings (SSSR count). The topological polar surface area (TPSA) is 95.0 Å². The average Bonchev–Trinajstić information content (AvgIpc) is 3.33. The summed E-state index contributed by atoms with van der Waals surface area (Å²) in [6.45, 7) is 6.08. The van der Waals surface area contributed by atoms with Crippen LogP contribution in [0.15, 0.2) is 24.5 Å². The summed E-state index contributed by atoms with van der Waals surface area (Å²) in [5.74, 6) is 2.06. The van der Waals surface area contributed by atoms with Crippen LogP contribution in [-0.2, 0) is 6.54 Å². The number of hydrogen-bond donors (Lipinski definition) is 2. The zero-order valence-electron chi connectivity index (χ0n) is 16.7. The number of rotatable bonds is 5. The van der Waals surface area contributed by atoms with E-state index in [0.717, 1.165) is 63.5 Å². The molecule has 0 bridgehead atoms. The van der Waals surface area contributed by atoms with Crippen LogP contribution < -0.4 is 20.4 Å². The normalized spacial score (nSPS) is 17.0. The summed E-state index contributed by atoms with van der Waals surface area (Å²) in [6.07, 6.45) is 5.87. The van der Waals surface area contributed by atoms with E-state index in [4.69, 9.17) is 26.6 Å². The predicted molar refractivity (Wildman–Crippen MR) is 118 cm³/mol. The summed E-state index contributed by atoms with van der Waals surface area (Å²) in [7, 11) is 0. The summed E-state index contributed by atoms with van der Waals surface area (Å²) in [4.78, 5) is 27.6. The minimum atomic E-state index is 0.324. The number of hydrogen-bond acceptors (Lipinski definition) is 9. The van der Waals surface area contributed by atoms with Crippen LogP contribution in [0.1, 0.15) is 18.4 Å². The first-order valence-corrected chi connectivity index (χ1v) is 10.7. The lowest BCUT2D eigenvalue weighted by atomic mass is 10.3. The van der Waals surface area contributed by atoms with Gasteiger partial charge in [0.05, 0.1) is 0 Å². The zero-order chi connectivity index (χ0) is 20.3. The van der Waals surface area contributed by atoms with Gasteiger partial charge in [-0.2, -0.15) is 9.97 Å². The van der Waals surface area contributed by atoms with Gasteiger partial charge in [-0.05, 0) is 24.5 Å². The van der Waals surface area contributed by atoms with E-state index in [1.165, 1.54) is 0 Å². The molecule has 0 aliphatic carbocycles. The molecule has 0 unspecified atom stereocenters. The standard InChI is InChI=1S/C20H24ClN9/c21-16-18(24-13-14-4-3-5-23-12-14)26-17-15(25-16)19(29-8-1-2-9-29)28-20(27-17)30-10-6-22-7-11-30/h3-5,12,22H,1-2,6-11,13H2,(H,24,26,27,28). The molecule has 9 nitrogen and oxygen atoms in total. The molecule has 0 spiro atoms. The van der Waals surface area contributed by atoms with Crippen molar-refractivity contribution in [3.05, 3.63) is 35.2 Å². The summed E-state index contributed by atoms with van der Waals surface area (Å²) in [5.41, 5.74) is 2.27. The van der Waals surface area contributed by atoms with E-state index in [9.17, 15) is 0 Å². The Morgan fingerprint density at radius 1 is 1.00 bits per heavy atom. The second kappa shape index (κ2) is 8.53. The Kier molecular flexibility index (Phi) is 5.46. The average molecular weight is 426 g/mol. The minimum Gasteiger partial charge on any atom is -0.363 e. The Bertz CT molecular complexity index is 1020. The lowest BCUT2D eigenvalue weighted by molar-refractivity contribution is 0.580. The number of nitrogens with one attached hydrogen (secondary N) is 2. The Labute approximate surface area is 179 Å². The summed E-state index contributed by atoms with van der Waals surface area (Å²) >= 11 is 6.49. The van der Waals surface area contributed by atoms with Crippen LogP contribution in [0.4, 0.5) is 17.6 Å². The molecule has 0 saturated carbocycles. The fraction of sp³-hybridized carbons (Fsp3) is 0.450. The van der Waals surface area contributed by atoms with E-state index in [1.807, 2.05) is 18.3 Å². The van der Waals surface area contributed by atoms with Crippen LogP contribution in [0.5, 0.6) is 0 Å². The quantitative estimate of drug-likeness (QED) is 0.636. The van der Waals surface area contributed by atoms with Crippen molar-refractivity contribution in [1.29, 1.82) is 0 Å². The molecule has 0 radical (unpaired) electrons. The van der Waals surface area contributed by atoms with E-state index < -0.39 is 0 Å². The molecule has 5 heterocycles. The molecule has 3 aromatic rings. The highest BCUT2D eigenvalue weighted by atomic mass is 35.5. The second-order valence-corrected chi connectivity index (χ2v) is 7.89. The molecule has 2 saturated heterocycles. The van der Waals surface area contributed by atoms with Crippen LogP contribution in [0.2, 0.25) is 5.15 Å². The number of pyridine rings is 1. The van der Waals surface area contributed by atoms with Crippen molar-refractivity contribution >= 4 is 40.3 Å². The summed E-state index contributed by atoms with van der Waals surface area (Å²) in [6, 6.07) is 3.90. The highest BCUT2D eigenvalue weighted by molar-refractivity contribution is 6.32. The smallest absolute Gasteiger partial charge is 0.229 e. The van der Waals surface area contributed by atoms with Gasteiger partial charge < -0.3 is 20.4 Å². The van der Waals surface area contributed by atoms with Gasteiger partial charge in [0.1, 0.15) is 0 Å². The number of piperazine rings is 1. The third-order valence-electron chi connectivity index (χ3n) is 5.45. The van der Waals surface area contributed by atoms with Crippen molar-refractivity contribution in [2.24, 2.45) is 0 Å². The monoisotopic (exact) mass is 425 g/mol. The highest BCUT2D eigenvalue weighted by Crippen LogP contribution is 2.30. The number of halogens is 1.